The maximum Gasteiger partial charge on any atom is 0.339 e. The molecule has 150 valence electrons. The van der Waals surface area contributed by atoms with Crippen molar-refractivity contribution in [1.82, 2.24) is 9.55 Å². The van der Waals surface area contributed by atoms with Crippen molar-refractivity contribution in [2.45, 2.75) is 25.2 Å². The largest absolute Gasteiger partial charge is 0.465 e. The summed E-state index contributed by atoms with van der Waals surface area (Å²) in [6, 6.07) is 18.9. The number of hydrogen-bond acceptors (Lipinski definition) is 3. The van der Waals surface area contributed by atoms with Gasteiger partial charge in [-0.25, -0.2) is 4.79 Å². The lowest BCUT2D eigenvalue weighted by Crippen LogP contribution is -2.09. The molecular formula is C26H24N2O2. The molecule has 0 radical (unpaired) electrons. The Bertz CT molecular complexity index is 1240. The molecule has 1 aliphatic carbocycles. The van der Waals surface area contributed by atoms with E-state index in [1.165, 1.54) is 42.0 Å². The number of nitrogens with zero attached hydrogens (tertiary/aromatic N) is 2. The van der Waals surface area contributed by atoms with E-state index in [0.717, 1.165) is 16.8 Å². The predicted molar refractivity (Wildman–Crippen MR) is 119 cm³/mol. The number of aromatic nitrogens is 2. The average molecular weight is 396 g/mol. The lowest BCUT2D eigenvalue weighted by molar-refractivity contribution is 0.0599. The highest BCUT2D eigenvalue weighted by Crippen LogP contribution is 2.40. The Morgan fingerprint density at radius 1 is 1.13 bits per heavy atom. The van der Waals surface area contributed by atoms with E-state index in [-0.39, 0.29) is 5.97 Å². The molecule has 1 aliphatic rings. The third-order valence-corrected chi connectivity index (χ3v) is 5.96. The molecule has 1 saturated carbocycles. The fourth-order valence-electron chi connectivity index (χ4n) is 4.16. The highest BCUT2D eigenvalue weighted by Gasteiger charge is 2.26. The summed E-state index contributed by atoms with van der Waals surface area (Å²) in [4.78, 5) is 17.0. The predicted octanol–water partition coefficient (Wildman–Crippen LogP) is 5.50. The van der Waals surface area contributed by atoms with Crippen molar-refractivity contribution in [2.75, 3.05) is 7.11 Å². The maximum atomic E-state index is 12.4. The van der Waals surface area contributed by atoms with Gasteiger partial charge in [-0.2, -0.15) is 0 Å². The van der Waals surface area contributed by atoms with E-state index in [2.05, 4.69) is 65.3 Å². The van der Waals surface area contributed by atoms with Crippen LogP contribution >= 0.6 is 0 Å². The van der Waals surface area contributed by atoms with E-state index in [0.29, 0.717) is 17.9 Å². The number of benzene rings is 2. The molecule has 0 amide bonds. The zero-order valence-electron chi connectivity index (χ0n) is 17.3. The monoisotopic (exact) mass is 396 g/mol. The molecule has 0 aliphatic heterocycles. The van der Waals surface area contributed by atoms with Crippen LogP contribution in [0.5, 0.6) is 0 Å². The second kappa shape index (κ2) is 7.45. The third kappa shape index (κ3) is 3.39. The summed E-state index contributed by atoms with van der Waals surface area (Å²) in [7, 11) is 3.50. The Kier molecular flexibility index (Phi) is 4.62. The molecule has 5 rings (SSSR count). The first-order valence-electron chi connectivity index (χ1n) is 10.3. The van der Waals surface area contributed by atoms with Crippen LogP contribution in [0.3, 0.4) is 0 Å². The number of aryl methyl sites for hydroxylation is 1. The summed E-state index contributed by atoms with van der Waals surface area (Å²) < 4.78 is 7.19. The number of carbonyl (C=O) groups is 1. The van der Waals surface area contributed by atoms with Crippen molar-refractivity contribution in [3.63, 3.8) is 0 Å². The van der Waals surface area contributed by atoms with Crippen LogP contribution in [0.15, 0.2) is 67.0 Å². The zero-order chi connectivity index (χ0) is 20.7. The van der Waals surface area contributed by atoms with Crippen LogP contribution in [-0.2, 0) is 18.2 Å². The SMILES string of the molecule is COC(=O)c1cc(C2CC2)cnc1Cc1ccc2c(-c3ccccc3)cn(C)c2c1. The van der Waals surface area contributed by atoms with Gasteiger partial charge in [0.25, 0.3) is 0 Å². The van der Waals surface area contributed by atoms with Crippen molar-refractivity contribution in [3.8, 4) is 11.1 Å². The van der Waals surface area contributed by atoms with E-state index < -0.39 is 0 Å². The molecule has 0 saturated heterocycles. The van der Waals surface area contributed by atoms with E-state index in [9.17, 15) is 4.79 Å². The van der Waals surface area contributed by atoms with E-state index in [1.54, 1.807) is 0 Å². The minimum atomic E-state index is -0.314. The van der Waals surface area contributed by atoms with Gasteiger partial charge in [0.1, 0.15) is 0 Å². The van der Waals surface area contributed by atoms with Crippen molar-refractivity contribution in [1.29, 1.82) is 0 Å². The fraction of sp³-hybridized carbons (Fsp3) is 0.231. The molecular weight excluding hydrogens is 372 g/mol. The second-order valence-corrected chi connectivity index (χ2v) is 8.08. The summed E-state index contributed by atoms with van der Waals surface area (Å²) in [5.41, 5.74) is 7.22. The molecule has 2 heterocycles. The molecule has 30 heavy (non-hydrogen) atoms. The van der Waals surface area contributed by atoms with Crippen LogP contribution in [0.4, 0.5) is 0 Å². The van der Waals surface area contributed by atoms with Crippen LogP contribution < -0.4 is 0 Å². The zero-order valence-corrected chi connectivity index (χ0v) is 17.3. The average Bonchev–Trinajstić information content (AvgIpc) is 3.58. The van der Waals surface area contributed by atoms with Crippen molar-refractivity contribution >= 4 is 16.9 Å². The Balaban J connectivity index is 1.52. The van der Waals surface area contributed by atoms with Gasteiger partial charge >= 0.3 is 5.97 Å². The molecule has 0 bridgehead atoms. The first-order valence-corrected chi connectivity index (χ1v) is 10.3. The van der Waals surface area contributed by atoms with Crippen LogP contribution in [-0.4, -0.2) is 22.6 Å². The topological polar surface area (TPSA) is 44.1 Å². The fourth-order valence-corrected chi connectivity index (χ4v) is 4.16. The summed E-state index contributed by atoms with van der Waals surface area (Å²) in [5, 5.41) is 1.22. The Labute approximate surface area is 176 Å². The van der Waals surface area contributed by atoms with Crippen LogP contribution in [0.25, 0.3) is 22.0 Å². The molecule has 2 aromatic heterocycles. The van der Waals surface area contributed by atoms with Crippen LogP contribution in [0.2, 0.25) is 0 Å². The molecule has 0 N–H and O–H groups in total. The quantitative estimate of drug-likeness (QED) is 0.419. The van der Waals surface area contributed by atoms with Gasteiger partial charge in [-0.05, 0) is 47.6 Å². The minimum Gasteiger partial charge on any atom is -0.465 e. The summed E-state index contributed by atoms with van der Waals surface area (Å²) in [6.07, 6.45) is 7.04. The van der Waals surface area contributed by atoms with Gasteiger partial charge < -0.3 is 9.30 Å². The molecule has 1 fully saturated rings. The maximum absolute atomic E-state index is 12.4. The van der Waals surface area contributed by atoms with Gasteiger partial charge in [0.15, 0.2) is 0 Å². The number of ether oxygens (including phenoxy) is 1. The number of rotatable bonds is 5. The molecule has 2 aromatic carbocycles. The summed E-state index contributed by atoms with van der Waals surface area (Å²) in [6.45, 7) is 0. The van der Waals surface area contributed by atoms with Gasteiger partial charge in [0.05, 0.1) is 18.4 Å². The van der Waals surface area contributed by atoms with Gasteiger partial charge in [0.2, 0.25) is 0 Å². The van der Waals surface area contributed by atoms with E-state index in [4.69, 9.17) is 4.74 Å². The lowest BCUT2D eigenvalue weighted by Gasteiger charge is -2.10. The normalized spacial score (nSPS) is 13.5. The molecule has 4 heteroatoms. The first kappa shape index (κ1) is 18.6. The molecule has 4 nitrogen and oxygen atoms in total. The number of hydrogen-bond donors (Lipinski definition) is 0. The summed E-state index contributed by atoms with van der Waals surface area (Å²) in [5.74, 6) is 0.234. The Hall–Kier alpha value is -3.40. The molecule has 0 unspecified atom stereocenters. The van der Waals surface area contributed by atoms with E-state index in [1.807, 2.05) is 18.3 Å². The molecule has 0 spiro atoms. The smallest absolute Gasteiger partial charge is 0.339 e. The highest BCUT2D eigenvalue weighted by atomic mass is 16.5. The standard InChI is InChI=1S/C26H24N2O2/c1-28-16-23(19-6-4-3-5-7-19)21-11-8-17(13-25(21)28)12-24-22(26(29)30-2)14-20(15-27-24)18-9-10-18/h3-8,11,13-16,18H,9-10,12H2,1-2H3. The number of carbonyl (C=O) groups excluding carboxylic acids is 1. The Morgan fingerprint density at radius 3 is 2.67 bits per heavy atom. The molecule has 0 atom stereocenters. The number of pyridine rings is 1. The van der Waals surface area contributed by atoms with Gasteiger partial charge in [-0.15, -0.1) is 0 Å². The van der Waals surface area contributed by atoms with Gasteiger partial charge in [-0.3, -0.25) is 4.98 Å². The minimum absolute atomic E-state index is 0.314. The van der Waals surface area contributed by atoms with Crippen molar-refractivity contribution in [3.05, 3.63) is 89.4 Å². The number of fused-ring (bicyclic) bond motifs is 1. The van der Waals surface area contributed by atoms with E-state index >= 15 is 0 Å². The number of esters is 1. The van der Waals surface area contributed by atoms with Crippen LogP contribution in [0, 0.1) is 0 Å². The van der Waals surface area contributed by atoms with Crippen molar-refractivity contribution in [2.24, 2.45) is 7.05 Å². The second-order valence-electron chi connectivity index (χ2n) is 8.08. The number of methoxy groups -OCH3 is 1. The highest BCUT2D eigenvalue weighted by molar-refractivity contribution is 5.96. The van der Waals surface area contributed by atoms with Crippen molar-refractivity contribution < 1.29 is 9.53 Å². The lowest BCUT2D eigenvalue weighted by atomic mass is 10.00. The summed E-state index contributed by atoms with van der Waals surface area (Å²) >= 11 is 0. The third-order valence-electron chi connectivity index (χ3n) is 5.96. The van der Waals surface area contributed by atoms with Crippen LogP contribution in [0.1, 0.15) is 45.9 Å². The Morgan fingerprint density at radius 2 is 1.93 bits per heavy atom. The first-order chi connectivity index (χ1) is 14.6. The molecule has 4 aromatic rings. The van der Waals surface area contributed by atoms with Gasteiger partial charge in [-0.1, -0.05) is 42.5 Å². The van der Waals surface area contributed by atoms with Gasteiger partial charge in [0, 0.05) is 42.3 Å².